The summed E-state index contributed by atoms with van der Waals surface area (Å²) in [5.74, 6) is 0.0790. The molecule has 2 rings (SSSR count). The number of rotatable bonds is 4. The molecule has 0 saturated carbocycles. The molecule has 5 nitrogen and oxygen atoms in total. The highest BCUT2D eigenvalue weighted by molar-refractivity contribution is 5.74. The number of ether oxygens (including phenoxy) is 2. The third-order valence-electron chi connectivity index (χ3n) is 3.27. The second-order valence-corrected chi connectivity index (χ2v) is 5.35. The molecule has 122 valence electrons. The number of nitrogens with zero attached hydrogens (tertiary/aromatic N) is 1. The Kier molecular flexibility index (Phi) is 5.54. The fourth-order valence-corrected chi connectivity index (χ4v) is 2.46. The van der Waals surface area contributed by atoms with Crippen molar-refractivity contribution >= 4 is 6.03 Å². The number of carbonyl (C=O) groups excluding carboxylic acids is 1. The van der Waals surface area contributed by atoms with Gasteiger partial charge in [-0.1, -0.05) is 12.1 Å². The number of nitrogens with one attached hydrogen (secondary N) is 1. The highest BCUT2D eigenvalue weighted by Gasteiger charge is 2.25. The molecular weight excluding hydrogens is 294 g/mol. The van der Waals surface area contributed by atoms with Crippen molar-refractivity contribution in [2.75, 3.05) is 13.1 Å². The maximum atomic E-state index is 12.2. The molecule has 1 N–H and O–H groups in total. The van der Waals surface area contributed by atoms with Crippen molar-refractivity contribution < 1.29 is 23.0 Å². The van der Waals surface area contributed by atoms with Crippen LogP contribution in [0.3, 0.4) is 0 Å². The van der Waals surface area contributed by atoms with Crippen LogP contribution in [0.25, 0.3) is 0 Å². The number of benzene rings is 1. The minimum absolute atomic E-state index is 0.00253. The number of hydrogen-bond acceptors (Lipinski definition) is 3. The van der Waals surface area contributed by atoms with Gasteiger partial charge in [-0.15, -0.1) is 0 Å². The smallest absolute Gasteiger partial charge is 0.387 e. The normalized spacial score (nSPS) is 21.8. The fourth-order valence-electron chi connectivity index (χ4n) is 2.46. The van der Waals surface area contributed by atoms with Crippen LogP contribution in [0, 0.1) is 0 Å². The monoisotopic (exact) mass is 314 g/mol. The van der Waals surface area contributed by atoms with Gasteiger partial charge in [0.25, 0.3) is 0 Å². The van der Waals surface area contributed by atoms with Crippen LogP contribution in [0.4, 0.5) is 13.6 Å². The number of urea groups is 1. The number of carbonyl (C=O) groups is 1. The molecule has 1 aromatic carbocycles. The third-order valence-corrected chi connectivity index (χ3v) is 3.27. The van der Waals surface area contributed by atoms with Crippen LogP contribution in [0.15, 0.2) is 24.3 Å². The van der Waals surface area contributed by atoms with Gasteiger partial charge < -0.3 is 19.7 Å². The molecule has 0 radical (unpaired) electrons. The van der Waals surface area contributed by atoms with E-state index in [1.54, 1.807) is 17.0 Å². The van der Waals surface area contributed by atoms with E-state index >= 15 is 0 Å². The third kappa shape index (κ3) is 4.84. The van der Waals surface area contributed by atoms with Crippen LogP contribution >= 0.6 is 0 Å². The highest BCUT2D eigenvalue weighted by atomic mass is 19.3. The Morgan fingerprint density at radius 3 is 2.73 bits per heavy atom. The molecule has 1 aromatic rings. The predicted molar refractivity (Wildman–Crippen MR) is 76.9 cm³/mol. The Labute approximate surface area is 128 Å². The van der Waals surface area contributed by atoms with E-state index in [9.17, 15) is 13.6 Å². The minimum atomic E-state index is -2.86. The number of halogens is 2. The number of amides is 2. The minimum Gasteiger partial charge on any atom is -0.435 e. The molecule has 1 aliphatic rings. The van der Waals surface area contributed by atoms with E-state index in [2.05, 4.69) is 10.1 Å². The van der Waals surface area contributed by atoms with E-state index in [1.165, 1.54) is 12.1 Å². The standard InChI is InChI=1S/C15H20F2N2O3/c1-10-8-19(9-11(2)21-10)15(20)18-7-12-4-3-5-13(6-12)22-14(16)17/h3-6,10-11,14H,7-9H2,1-2H3,(H,18,20)/t10-,11-/m0/s1. The molecule has 0 spiro atoms. The van der Waals surface area contributed by atoms with E-state index in [1.807, 2.05) is 13.8 Å². The second-order valence-electron chi connectivity index (χ2n) is 5.35. The molecule has 0 aromatic heterocycles. The fraction of sp³-hybridized carbons (Fsp3) is 0.533. The summed E-state index contributed by atoms with van der Waals surface area (Å²) in [4.78, 5) is 13.8. The zero-order valence-corrected chi connectivity index (χ0v) is 12.6. The first-order chi connectivity index (χ1) is 10.4. The molecule has 1 aliphatic heterocycles. The zero-order valence-electron chi connectivity index (χ0n) is 12.6. The molecule has 2 atom stereocenters. The maximum absolute atomic E-state index is 12.2. The molecule has 0 bridgehead atoms. The van der Waals surface area contributed by atoms with Crippen molar-refractivity contribution in [3.8, 4) is 5.75 Å². The first kappa shape index (κ1) is 16.5. The molecule has 0 aliphatic carbocycles. The van der Waals surface area contributed by atoms with Gasteiger partial charge in [-0.2, -0.15) is 8.78 Å². The number of hydrogen-bond donors (Lipinski definition) is 1. The van der Waals surface area contributed by atoms with Gasteiger partial charge in [0.15, 0.2) is 0 Å². The van der Waals surface area contributed by atoms with Crippen molar-refractivity contribution in [1.82, 2.24) is 10.2 Å². The van der Waals surface area contributed by atoms with Gasteiger partial charge in [0.05, 0.1) is 12.2 Å². The van der Waals surface area contributed by atoms with Crippen molar-refractivity contribution in [2.24, 2.45) is 0 Å². The number of alkyl halides is 2. The van der Waals surface area contributed by atoms with Gasteiger partial charge in [-0.3, -0.25) is 0 Å². The maximum Gasteiger partial charge on any atom is 0.387 e. The Bertz CT molecular complexity index is 503. The second kappa shape index (κ2) is 7.40. The molecule has 1 heterocycles. The van der Waals surface area contributed by atoms with Gasteiger partial charge >= 0.3 is 12.6 Å². The van der Waals surface area contributed by atoms with Crippen LogP contribution in [-0.4, -0.2) is 42.8 Å². The molecule has 7 heteroatoms. The van der Waals surface area contributed by atoms with Gasteiger partial charge in [0.2, 0.25) is 0 Å². The Morgan fingerprint density at radius 1 is 1.41 bits per heavy atom. The highest BCUT2D eigenvalue weighted by Crippen LogP contribution is 2.16. The topological polar surface area (TPSA) is 50.8 Å². The predicted octanol–water partition coefficient (Wildman–Crippen LogP) is 2.61. The summed E-state index contributed by atoms with van der Waals surface area (Å²) in [6.45, 7) is 2.29. The lowest BCUT2D eigenvalue weighted by molar-refractivity contribution is -0.0545. The van der Waals surface area contributed by atoms with E-state index in [0.29, 0.717) is 18.7 Å². The summed E-state index contributed by atoms with van der Waals surface area (Å²) in [7, 11) is 0. The lowest BCUT2D eigenvalue weighted by Crippen LogP contribution is -2.51. The molecule has 1 fully saturated rings. The zero-order chi connectivity index (χ0) is 16.1. The lowest BCUT2D eigenvalue weighted by atomic mass is 10.2. The van der Waals surface area contributed by atoms with Crippen LogP contribution in [-0.2, 0) is 11.3 Å². The largest absolute Gasteiger partial charge is 0.435 e. The summed E-state index contributed by atoms with van der Waals surface area (Å²) in [6, 6.07) is 6.09. The van der Waals surface area contributed by atoms with Crippen molar-refractivity contribution in [1.29, 1.82) is 0 Å². The summed E-state index contributed by atoms with van der Waals surface area (Å²) in [5.41, 5.74) is 0.695. The Hall–Kier alpha value is -1.89. The summed E-state index contributed by atoms with van der Waals surface area (Å²) < 4.78 is 34.2. The van der Waals surface area contributed by atoms with Crippen molar-refractivity contribution in [2.45, 2.75) is 39.2 Å². The first-order valence-electron chi connectivity index (χ1n) is 7.16. The van der Waals surface area contributed by atoms with E-state index in [0.717, 1.165) is 0 Å². The SMILES string of the molecule is C[C@H]1CN(C(=O)NCc2cccc(OC(F)F)c2)C[C@H](C)O1. The van der Waals surface area contributed by atoms with Gasteiger partial charge in [-0.25, -0.2) is 4.79 Å². The van der Waals surface area contributed by atoms with Gasteiger partial charge in [0, 0.05) is 19.6 Å². The van der Waals surface area contributed by atoms with E-state index in [4.69, 9.17) is 4.74 Å². The summed E-state index contributed by atoms with van der Waals surface area (Å²) in [6.07, 6.45) is -0.00506. The molecule has 2 amide bonds. The van der Waals surface area contributed by atoms with Gasteiger partial charge in [-0.05, 0) is 31.5 Å². The molecule has 1 saturated heterocycles. The Morgan fingerprint density at radius 2 is 2.09 bits per heavy atom. The van der Waals surface area contributed by atoms with E-state index < -0.39 is 6.61 Å². The van der Waals surface area contributed by atoms with Gasteiger partial charge in [0.1, 0.15) is 5.75 Å². The average molecular weight is 314 g/mol. The lowest BCUT2D eigenvalue weighted by Gasteiger charge is -2.35. The summed E-state index contributed by atoms with van der Waals surface area (Å²) in [5, 5.41) is 2.78. The van der Waals surface area contributed by atoms with Crippen molar-refractivity contribution in [3.05, 3.63) is 29.8 Å². The average Bonchev–Trinajstić information content (AvgIpc) is 2.43. The van der Waals surface area contributed by atoms with Crippen LogP contribution in [0.5, 0.6) is 5.75 Å². The molecular formula is C15H20F2N2O3. The number of morpholine rings is 1. The quantitative estimate of drug-likeness (QED) is 0.929. The van der Waals surface area contributed by atoms with Crippen molar-refractivity contribution in [3.63, 3.8) is 0 Å². The molecule has 0 unspecified atom stereocenters. The van der Waals surface area contributed by atoms with Crippen LogP contribution in [0.2, 0.25) is 0 Å². The summed E-state index contributed by atoms with van der Waals surface area (Å²) >= 11 is 0. The van der Waals surface area contributed by atoms with Crippen LogP contribution in [0.1, 0.15) is 19.4 Å². The first-order valence-corrected chi connectivity index (χ1v) is 7.16. The van der Waals surface area contributed by atoms with E-state index in [-0.39, 0.29) is 30.5 Å². The van der Waals surface area contributed by atoms with Crippen LogP contribution < -0.4 is 10.1 Å². The molecule has 22 heavy (non-hydrogen) atoms. The Balaban J connectivity index is 1.88.